The zero-order valence-electron chi connectivity index (χ0n) is 11.1. The lowest BCUT2D eigenvalue weighted by molar-refractivity contribution is 0.630. The van der Waals surface area contributed by atoms with E-state index in [-0.39, 0.29) is 5.82 Å². The molecule has 0 bridgehead atoms. The highest BCUT2D eigenvalue weighted by Crippen LogP contribution is 2.31. The summed E-state index contributed by atoms with van der Waals surface area (Å²) in [6, 6.07) is 1.44. The Labute approximate surface area is 118 Å². The average Bonchev–Trinajstić information content (AvgIpc) is 3.02. The molecule has 0 aliphatic carbocycles. The number of nitrogens with one attached hydrogen (secondary N) is 1. The summed E-state index contributed by atoms with van der Waals surface area (Å²) in [6.45, 7) is 1.82. The van der Waals surface area contributed by atoms with Crippen molar-refractivity contribution in [1.29, 1.82) is 0 Å². The summed E-state index contributed by atoms with van der Waals surface area (Å²) in [6.07, 6.45) is 6.73. The van der Waals surface area contributed by atoms with Crippen LogP contribution in [-0.2, 0) is 0 Å². The molecule has 0 aliphatic heterocycles. The van der Waals surface area contributed by atoms with Crippen LogP contribution >= 0.6 is 0 Å². The van der Waals surface area contributed by atoms with Gasteiger partial charge in [0, 0.05) is 29.7 Å². The Morgan fingerprint density at radius 3 is 3.00 bits per heavy atom. The number of aromatic nitrogens is 5. The first kappa shape index (κ1) is 11.8. The molecule has 0 aromatic carbocycles. The van der Waals surface area contributed by atoms with Crippen molar-refractivity contribution in [2.24, 2.45) is 0 Å². The van der Waals surface area contributed by atoms with Crippen LogP contribution in [0, 0.1) is 12.7 Å². The highest BCUT2D eigenvalue weighted by Gasteiger charge is 2.14. The van der Waals surface area contributed by atoms with Gasteiger partial charge in [-0.05, 0) is 13.0 Å². The van der Waals surface area contributed by atoms with Crippen LogP contribution in [0.3, 0.4) is 0 Å². The lowest BCUT2D eigenvalue weighted by atomic mass is 10.1. The number of halogens is 1. The van der Waals surface area contributed by atoms with E-state index in [1.807, 2.05) is 13.1 Å². The second-order valence-electron chi connectivity index (χ2n) is 4.87. The molecule has 104 valence electrons. The molecule has 0 spiro atoms. The van der Waals surface area contributed by atoms with Crippen molar-refractivity contribution in [1.82, 2.24) is 24.3 Å². The highest BCUT2D eigenvalue weighted by molar-refractivity contribution is 6.00. The summed E-state index contributed by atoms with van der Waals surface area (Å²) in [5, 5.41) is 0.688. The van der Waals surface area contributed by atoms with E-state index in [0.717, 1.165) is 11.3 Å². The van der Waals surface area contributed by atoms with Crippen molar-refractivity contribution in [3.8, 4) is 11.1 Å². The van der Waals surface area contributed by atoms with Gasteiger partial charge < -0.3 is 15.1 Å². The molecule has 3 N–H and O–H groups in total. The highest BCUT2D eigenvalue weighted by atomic mass is 19.1. The Morgan fingerprint density at radius 1 is 1.29 bits per heavy atom. The number of H-pyrrole nitrogens is 1. The third kappa shape index (κ3) is 1.67. The number of pyridine rings is 1. The number of nitrogens with zero attached hydrogens (tertiary/aromatic N) is 4. The fourth-order valence-corrected chi connectivity index (χ4v) is 2.54. The minimum atomic E-state index is -0.384. The molecule has 0 fully saturated rings. The molecule has 4 aromatic heterocycles. The zero-order chi connectivity index (χ0) is 14.6. The third-order valence-electron chi connectivity index (χ3n) is 3.44. The van der Waals surface area contributed by atoms with Gasteiger partial charge in [-0.15, -0.1) is 0 Å². The lowest BCUT2D eigenvalue weighted by Crippen LogP contribution is -1.94. The number of aromatic amines is 1. The second kappa shape index (κ2) is 4.02. The molecule has 7 heteroatoms. The predicted octanol–water partition coefficient (Wildman–Crippen LogP) is 2.30. The Kier molecular flexibility index (Phi) is 2.26. The number of fused-ring (bicyclic) bond motifs is 2. The van der Waals surface area contributed by atoms with Crippen molar-refractivity contribution < 1.29 is 4.39 Å². The van der Waals surface area contributed by atoms with Gasteiger partial charge in [-0.3, -0.25) is 0 Å². The van der Waals surface area contributed by atoms with Crippen LogP contribution in [0.15, 0.2) is 31.0 Å². The number of hydrogen-bond donors (Lipinski definition) is 2. The van der Waals surface area contributed by atoms with E-state index >= 15 is 0 Å². The van der Waals surface area contributed by atoms with Crippen LogP contribution in [0.2, 0.25) is 0 Å². The predicted molar refractivity (Wildman–Crippen MR) is 77.2 cm³/mol. The summed E-state index contributed by atoms with van der Waals surface area (Å²) >= 11 is 0. The Bertz CT molecular complexity index is 984. The maximum Gasteiger partial charge on any atom is 0.173 e. The molecule has 0 amide bonds. The summed E-state index contributed by atoms with van der Waals surface area (Å²) in [7, 11) is 0. The van der Waals surface area contributed by atoms with Crippen LogP contribution in [-0.4, -0.2) is 24.3 Å². The smallest absolute Gasteiger partial charge is 0.173 e. The van der Waals surface area contributed by atoms with Crippen molar-refractivity contribution in [3.05, 3.63) is 42.5 Å². The fourth-order valence-electron chi connectivity index (χ4n) is 2.54. The van der Waals surface area contributed by atoms with Crippen LogP contribution in [0.5, 0.6) is 0 Å². The standard InChI is InChI=1S/C14H11FN6/c1-7-4-21-5-8(2-10(15)14(21)20-7)9-3-17-13-11(9)12(16)18-6-19-13/h2-6H,1H3,(H3,16,17,18,19). The van der Waals surface area contributed by atoms with Gasteiger partial charge in [-0.1, -0.05) is 0 Å². The number of imidazole rings is 1. The molecule has 4 heterocycles. The first-order valence-electron chi connectivity index (χ1n) is 6.36. The number of anilines is 1. The number of rotatable bonds is 1. The van der Waals surface area contributed by atoms with Crippen molar-refractivity contribution in [2.45, 2.75) is 6.92 Å². The molecule has 0 atom stereocenters. The summed E-state index contributed by atoms with van der Waals surface area (Å²) in [4.78, 5) is 15.3. The van der Waals surface area contributed by atoms with Gasteiger partial charge in [0.1, 0.15) is 17.8 Å². The van der Waals surface area contributed by atoms with Crippen molar-refractivity contribution in [3.63, 3.8) is 0 Å². The van der Waals surface area contributed by atoms with Crippen LogP contribution < -0.4 is 5.73 Å². The molecular formula is C14H11FN6. The molecule has 0 saturated heterocycles. The maximum atomic E-state index is 14.2. The van der Waals surface area contributed by atoms with E-state index < -0.39 is 0 Å². The Morgan fingerprint density at radius 2 is 2.14 bits per heavy atom. The largest absolute Gasteiger partial charge is 0.383 e. The molecule has 0 unspecified atom stereocenters. The Hall–Kier alpha value is -2.96. The molecular weight excluding hydrogens is 271 g/mol. The first-order valence-corrected chi connectivity index (χ1v) is 6.36. The van der Waals surface area contributed by atoms with E-state index in [9.17, 15) is 4.39 Å². The number of nitrogens with two attached hydrogens (primary N) is 1. The SMILES string of the molecule is Cc1cn2cc(-c3c[nH]c4ncnc(N)c34)cc(F)c2n1. The molecule has 21 heavy (non-hydrogen) atoms. The number of hydrogen-bond acceptors (Lipinski definition) is 4. The number of nitrogen functional groups attached to an aromatic ring is 1. The van der Waals surface area contributed by atoms with Gasteiger partial charge in [-0.25, -0.2) is 19.3 Å². The molecule has 6 nitrogen and oxygen atoms in total. The van der Waals surface area contributed by atoms with Gasteiger partial charge in [0.05, 0.1) is 11.1 Å². The average molecular weight is 282 g/mol. The minimum absolute atomic E-state index is 0.306. The third-order valence-corrected chi connectivity index (χ3v) is 3.44. The lowest BCUT2D eigenvalue weighted by Gasteiger charge is -2.03. The minimum Gasteiger partial charge on any atom is -0.383 e. The molecule has 0 aliphatic rings. The van der Waals surface area contributed by atoms with Gasteiger partial charge in [0.15, 0.2) is 11.5 Å². The van der Waals surface area contributed by atoms with E-state index in [2.05, 4.69) is 19.9 Å². The van der Waals surface area contributed by atoms with E-state index in [4.69, 9.17) is 5.73 Å². The van der Waals surface area contributed by atoms with Crippen LogP contribution in [0.1, 0.15) is 5.69 Å². The van der Waals surface area contributed by atoms with E-state index in [1.54, 1.807) is 16.8 Å². The van der Waals surface area contributed by atoms with Gasteiger partial charge in [0.2, 0.25) is 0 Å². The van der Waals surface area contributed by atoms with Gasteiger partial charge in [-0.2, -0.15) is 0 Å². The molecule has 4 rings (SSSR count). The monoisotopic (exact) mass is 282 g/mol. The summed E-state index contributed by atoms with van der Waals surface area (Å²) in [5.41, 5.74) is 9.04. The normalized spacial score (nSPS) is 11.5. The topological polar surface area (TPSA) is 84.9 Å². The maximum absolute atomic E-state index is 14.2. The summed E-state index contributed by atoms with van der Waals surface area (Å²) < 4.78 is 15.9. The van der Waals surface area contributed by atoms with Crippen LogP contribution in [0.4, 0.5) is 10.2 Å². The van der Waals surface area contributed by atoms with Crippen molar-refractivity contribution in [2.75, 3.05) is 5.73 Å². The van der Waals surface area contributed by atoms with E-state index in [0.29, 0.717) is 28.1 Å². The molecule has 0 saturated carbocycles. The Balaban J connectivity index is 2.04. The van der Waals surface area contributed by atoms with Crippen molar-refractivity contribution >= 4 is 22.5 Å². The molecule has 0 radical (unpaired) electrons. The van der Waals surface area contributed by atoms with Gasteiger partial charge >= 0.3 is 0 Å². The molecule has 4 aromatic rings. The fraction of sp³-hybridized carbons (Fsp3) is 0.0714. The number of aryl methyl sites for hydroxylation is 1. The van der Waals surface area contributed by atoms with E-state index in [1.165, 1.54) is 12.4 Å². The van der Waals surface area contributed by atoms with Gasteiger partial charge in [0.25, 0.3) is 0 Å². The first-order chi connectivity index (χ1) is 10.1. The summed E-state index contributed by atoms with van der Waals surface area (Å²) in [5.74, 6) is -0.0241. The quantitative estimate of drug-likeness (QED) is 0.561. The second-order valence-corrected chi connectivity index (χ2v) is 4.87. The zero-order valence-corrected chi connectivity index (χ0v) is 11.1. The van der Waals surface area contributed by atoms with Crippen LogP contribution in [0.25, 0.3) is 27.8 Å².